The number of hydrogen-bond donors (Lipinski definition) is 1. The molecule has 3 aliphatic rings. The topological polar surface area (TPSA) is 42.8 Å². The van der Waals surface area contributed by atoms with Crippen molar-refractivity contribution in [2.75, 3.05) is 0 Å². The summed E-state index contributed by atoms with van der Waals surface area (Å²) < 4.78 is 12.4. The van der Waals surface area contributed by atoms with Crippen LogP contribution < -0.4 is 10.8 Å². The molecule has 0 saturated carbocycles. The normalized spacial score (nSPS) is 23.5. The average Bonchev–Trinajstić information content (AvgIpc) is 3.07. The molecule has 33 heavy (non-hydrogen) atoms. The summed E-state index contributed by atoms with van der Waals surface area (Å²) in [6, 6.07) is 18.8. The third-order valence-electron chi connectivity index (χ3n) is 6.99. The minimum absolute atomic E-state index is 0.125. The first kappa shape index (κ1) is 21.9. The summed E-state index contributed by atoms with van der Waals surface area (Å²) in [6.07, 6.45) is 10.9. The van der Waals surface area contributed by atoms with Crippen molar-refractivity contribution < 1.29 is 9.31 Å². The lowest BCUT2D eigenvalue weighted by Gasteiger charge is -2.32. The first-order valence-electron chi connectivity index (χ1n) is 11.8. The molecule has 1 N–H and O–H groups in total. The minimum atomic E-state index is -0.361. The molecule has 1 saturated heterocycles. The van der Waals surface area contributed by atoms with E-state index in [1.807, 2.05) is 6.07 Å². The summed E-state index contributed by atoms with van der Waals surface area (Å²) in [6.45, 7) is 8.32. The Morgan fingerprint density at radius 1 is 0.909 bits per heavy atom. The first-order chi connectivity index (χ1) is 15.8. The molecule has 168 valence electrons. The molecule has 0 bridgehead atoms. The standard InChI is InChI=1S/C28H31BN2O2/c1-27(2)28(3,4)33-29(32-27)23-17-15-21(16-18-23)25-19-24(20-11-7-5-8-12-20)30-26(31-25)22-13-9-6-10-14-22/h6-7,9-19,26,30H,5,8H2,1-4H3. The molecule has 2 heterocycles. The predicted octanol–water partition coefficient (Wildman–Crippen LogP) is 5.24. The molecule has 1 atom stereocenters. The van der Waals surface area contributed by atoms with Crippen LogP contribution in [0.2, 0.25) is 0 Å². The van der Waals surface area contributed by atoms with E-state index in [0.717, 1.165) is 40.8 Å². The minimum Gasteiger partial charge on any atom is -0.399 e. The second-order valence-electron chi connectivity index (χ2n) is 9.88. The average molecular weight is 438 g/mol. The van der Waals surface area contributed by atoms with Crippen molar-refractivity contribution in [2.45, 2.75) is 57.9 Å². The van der Waals surface area contributed by atoms with Gasteiger partial charge in [-0.05, 0) is 68.8 Å². The Kier molecular flexibility index (Phi) is 5.63. The first-order valence-corrected chi connectivity index (χ1v) is 11.8. The second-order valence-corrected chi connectivity index (χ2v) is 9.88. The van der Waals surface area contributed by atoms with Crippen LogP contribution >= 0.6 is 0 Å². The highest BCUT2D eigenvalue weighted by Crippen LogP contribution is 2.36. The van der Waals surface area contributed by atoms with E-state index < -0.39 is 0 Å². The van der Waals surface area contributed by atoms with E-state index in [1.165, 1.54) is 5.57 Å². The molecule has 1 unspecified atom stereocenters. The molecular weight excluding hydrogens is 407 g/mol. The molecule has 2 aliphatic heterocycles. The molecule has 4 nitrogen and oxygen atoms in total. The van der Waals surface area contributed by atoms with Gasteiger partial charge in [0.05, 0.1) is 16.9 Å². The van der Waals surface area contributed by atoms with Crippen LogP contribution in [0.1, 0.15) is 57.8 Å². The molecule has 0 amide bonds. The van der Waals surface area contributed by atoms with E-state index in [4.69, 9.17) is 14.3 Å². The molecule has 5 heteroatoms. The van der Waals surface area contributed by atoms with Crippen LogP contribution in [0.15, 0.2) is 95.2 Å². The van der Waals surface area contributed by atoms with Gasteiger partial charge in [-0.15, -0.1) is 0 Å². The number of benzene rings is 2. The molecule has 5 rings (SSSR count). The number of aliphatic imine (C=N–C) groups is 1. The van der Waals surface area contributed by atoms with Gasteiger partial charge in [0.15, 0.2) is 0 Å². The Bertz CT molecular complexity index is 1130. The monoisotopic (exact) mass is 438 g/mol. The van der Waals surface area contributed by atoms with Crippen molar-refractivity contribution >= 4 is 18.3 Å². The summed E-state index contributed by atoms with van der Waals surface area (Å²) in [5.74, 6) is 0. The van der Waals surface area contributed by atoms with E-state index in [1.54, 1.807) is 0 Å². The lowest BCUT2D eigenvalue weighted by Crippen LogP contribution is -2.41. The maximum Gasteiger partial charge on any atom is 0.494 e. The van der Waals surface area contributed by atoms with E-state index in [-0.39, 0.29) is 24.5 Å². The molecule has 0 radical (unpaired) electrons. The Balaban J connectivity index is 1.46. The van der Waals surface area contributed by atoms with Crippen LogP contribution in [-0.2, 0) is 9.31 Å². The van der Waals surface area contributed by atoms with Crippen LogP contribution in [0.25, 0.3) is 0 Å². The van der Waals surface area contributed by atoms with Crippen LogP contribution in [-0.4, -0.2) is 24.0 Å². The summed E-state index contributed by atoms with van der Waals surface area (Å²) in [7, 11) is -0.361. The summed E-state index contributed by atoms with van der Waals surface area (Å²) in [5.41, 5.74) is 5.86. The van der Waals surface area contributed by atoms with Crippen LogP contribution in [0.4, 0.5) is 0 Å². The van der Waals surface area contributed by atoms with Gasteiger partial charge in [0.25, 0.3) is 0 Å². The Morgan fingerprint density at radius 2 is 1.61 bits per heavy atom. The van der Waals surface area contributed by atoms with E-state index in [2.05, 4.69) is 106 Å². The van der Waals surface area contributed by atoms with E-state index in [9.17, 15) is 0 Å². The van der Waals surface area contributed by atoms with Gasteiger partial charge >= 0.3 is 7.12 Å². The molecule has 1 fully saturated rings. The quantitative estimate of drug-likeness (QED) is 0.665. The van der Waals surface area contributed by atoms with Crippen molar-refractivity contribution in [1.82, 2.24) is 5.32 Å². The zero-order valence-electron chi connectivity index (χ0n) is 19.8. The molecule has 0 spiro atoms. The van der Waals surface area contributed by atoms with Crippen molar-refractivity contribution in [3.63, 3.8) is 0 Å². The van der Waals surface area contributed by atoms with Crippen molar-refractivity contribution in [3.8, 4) is 0 Å². The van der Waals surface area contributed by atoms with Crippen molar-refractivity contribution in [3.05, 3.63) is 101 Å². The number of hydrogen-bond acceptors (Lipinski definition) is 4. The Hall–Kier alpha value is -2.89. The molecule has 1 aliphatic carbocycles. The lowest BCUT2D eigenvalue weighted by atomic mass is 9.78. The Labute approximate surface area is 197 Å². The zero-order valence-corrected chi connectivity index (χ0v) is 19.8. The molecule has 2 aromatic rings. The highest BCUT2D eigenvalue weighted by molar-refractivity contribution is 6.62. The fourth-order valence-electron chi connectivity index (χ4n) is 4.26. The lowest BCUT2D eigenvalue weighted by molar-refractivity contribution is 0.00578. The van der Waals surface area contributed by atoms with E-state index in [0.29, 0.717) is 0 Å². The van der Waals surface area contributed by atoms with Gasteiger partial charge in [-0.3, -0.25) is 4.99 Å². The second kappa shape index (κ2) is 8.47. The third kappa shape index (κ3) is 4.35. The van der Waals surface area contributed by atoms with Gasteiger partial charge in [0, 0.05) is 5.70 Å². The summed E-state index contributed by atoms with van der Waals surface area (Å²) in [5, 5.41) is 3.63. The fraction of sp³-hybridized carbons (Fsp3) is 0.321. The maximum atomic E-state index is 6.22. The van der Waals surface area contributed by atoms with Gasteiger partial charge in [0.2, 0.25) is 0 Å². The molecule has 2 aromatic carbocycles. The van der Waals surface area contributed by atoms with Crippen LogP contribution in [0.5, 0.6) is 0 Å². The zero-order chi connectivity index (χ0) is 23.1. The Morgan fingerprint density at radius 3 is 2.24 bits per heavy atom. The fourth-order valence-corrected chi connectivity index (χ4v) is 4.26. The van der Waals surface area contributed by atoms with E-state index >= 15 is 0 Å². The van der Waals surface area contributed by atoms with Crippen LogP contribution in [0, 0.1) is 0 Å². The van der Waals surface area contributed by atoms with Gasteiger partial charge in [-0.1, -0.05) is 72.8 Å². The van der Waals surface area contributed by atoms with Crippen LogP contribution in [0.3, 0.4) is 0 Å². The van der Waals surface area contributed by atoms with Crippen molar-refractivity contribution in [1.29, 1.82) is 0 Å². The highest BCUT2D eigenvalue weighted by atomic mass is 16.7. The van der Waals surface area contributed by atoms with Crippen molar-refractivity contribution in [2.24, 2.45) is 4.99 Å². The van der Waals surface area contributed by atoms with Gasteiger partial charge in [-0.25, -0.2) is 0 Å². The van der Waals surface area contributed by atoms with Gasteiger partial charge in [0.1, 0.15) is 6.17 Å². The number of nitrogens with zero attached hydrogens (tertiary/aromatic N) is 1. The molecule has 0 aromatic heterocycles. The number of nitrogens with one attached hydrogen (secondary N) is 1. The summed E-state index contributed by atoms with van der Waals surface area (Å²) in [4.78, 5) is 5.06. The largest absolute Gasteiger partial charge is 0.494 e. The number of rotatable bonds is 4. The maximum absolute atomic E-state index is 6.22. The highest BCUT2D eigenvalue weighted by Gasteiger charge is 2.51. The smallest absolute Gasteiger partial charge is 0.399 e. The SMILES string of the molecule is CC1(C)OB(c2ccc(C3=NC(c4ccccc4)NC(C4=CCCC=C4)=C3)cc2)OC1(C)C. The van der Waals surface area contributed by atoms with Gasteiger partial charge in [-0.2, -0.15) is 0 Å². The third-order valence-corrected chi connectivity index (χ3v) is 6.99. The summed E-state index contributed by atoms with van der Waals surface area (Å²) >= 11 is 0. The number of allylic oxidation sites excluding steroid dienone is 4. The molecular formula is C28H31BN2O2. The predicted molar refractivity (Wildman–Crippen MR) is 136 cm³/mol. The van der Waals surface area contributed by atoms with Gasteiger partial charge < -0.3 is 14.6 Å².